The Hall–Kier alpha value is -1.23. The average molecular weight is 251 g/mol. The van der Waals surface area contributed by atoms with Gasteiger partial charge in [0.25, 0.3) is 0 Å². The van der Waals surface area contributed by atoms with Gasteiger partial charge in [0.2, 0.25) is 0 Å². The van der Waals surface area contributed by atoms with Crippen LogP contribution in [0.1, 0.15) is 31.9 Å². The quantitative estimate of drug-likeness (QED) is 0.890. The van der Waals surface area contributed by atoms with Gasteiger partial charge in [-0.25, -0.2) is 14.4 Å². The predicted octanol–water partition coefficient (Wildman–Crippen LogP) is 2.16. The van der Waals surface area contributed by atoms with Gasteiger partial charge in [0, 0.05) is 6.61 Å². The van der Waals surface area contributed by atoms with E-state index in [9.17, 15) is 4.39 Å². The maximum Gasteiger partial charge on any atom is 0.186 e. The van der Waals surface area contributed by atoms with Crippen LogP contribution in [0.25, 0.3) is 0 Å². The molecule has 0 amide bonds. The van der Waals surface area contributed by atoms with Gasteiger partial charge in [-0.05, 0) is 31.6 Å². The number of ether oxygens (including phenoxy) is 1. The molecular weight excluding hydrogens is 233 g/mol. The Morgan fingerprint density at radius 2 is 2.22 bits per heavy atom. The summed E-state index contributed by atoms with van der Waals surface area (Å²) in [4.78, 5) is 7.95. The number of hydrogen-bond acceptors (Lipinski definition) is 4. The zero-order valence-corrected chi connectivity index (χ0v) is 10.5. The zero-order valence-electron chi connectivity index (χ0n) is 10.5. The van der Waals surface area contributed by atoms with Gasteiger partial charge in [0.05, 0.1) is 17.8 Å². The summed E-state index contributed by atoms with van der Waals surface area (Å²) >= 11 is 0. The first-order valence-corrected chi connectivity index (χ1v) is 6.67. The molecule has 0 aromatic carbocycles. The fourth-order valence-corrected chi connectivity index (χ4v) is 2.58. The molecule has 2 aliphatic rings. The van der Waals surface area contributed by atoms with Crippen molar-refractivity contribution in [3.63, 3.8) is 0 Å². The van der Waals surface area contributed by atoms with E-state index in [1.165, 1.54) is 19.2 Å². The summed E-state index contributed by atoms with van der Waals surface area (Å²) in [6.45, 7) is 2.65. The van der Waals surface area contributed by atoms with Crippen LogP contribution in [0.5, 0.6) is 0 Å². The molecule has 5 heteroatoms. The van der Waals surface area contributed by atoms with E-state index in [1.807, 2.05) is 6.92 Å². The van der Waals surface area contributed by atoms with E-state index in [4.69, 9.17) is 4.74 Å². The van der Waals surface area contributed by atoms with Gasteiger partial charge < -0.3 is 10.1 Å². The molecule has 98 valence electrons. The molecular formula is C13H18FN3O. The molecule has 1 aromatic rings. The van der Waals surface area contributed by atoms with Crippen LogP contribution < -0.4 is 5.32 Å². The van der Waals surface area contributed by atoms with E-state index < -0.39 is 0 Å². The molecule has 2 atom stereocenters. The number of aromatic nitrogens is 2. The van der Waals surface area contributed by atoms with Gasteiger partial charge in [-0.15, -0.1) is 0 Å². The second-order valence-corrected chi connectivity index (χ2v) is 5.05. The number of aryl methyl sites for hydroxylation is 1. The van der Waals surface area contributed by atoms with Crippen molar-refractivity contribution in [1.29, 1.82) is 0 Å². The molecule has 2 unspecified atom stereocenters. The second-order valence-electron chi connectivity index (χ2n) is 5.05. The second kappa shape index (κ2) is 4.80. The lowest BCUT2D eigenvalue weighted by Crippen LogP contribution is -2.31. The van der Waals surface area contributed by atoms with Crippen LogP contribution in [0.4, 0.5) is 10.2 Å². The molecule has 0 spiro atoms. The fraction of sp³-hybridized carbons (Fsp3) is 0.692. The molecule has 1 aliphatic heterocycles. The molecule has 1 saturated heterocycles. The van der Waals surface area contributed by atoms with Crippen molar-refractivity contribution in [3.8, 4) is 0 Å². The third-order valence-electron chi connectivity index (χ3n) is 3.74. The highest BCUT2D eigenvalue weighted by molar-refractivity contribution is 5.39. The number of hydrogen-bond donors (Lipinski definition) is 1. The first kappa shape index (κ1) is 11.8. The van der Waals surface area contributed by atoms with E-state index in [-0.39, 0.29) is 18.0 Å². The van der Waals surface area contributed by atoms with Crippen LogP contribution >= 0.6 is 0 Å². The van der Waals surface area contributed by atoms with Gasteiger partial charge in [-0.1, -0.05) is 6.92 Å². The Balaban J connectivity index is 1.75. The fourth-order valence-electron chi connectivity index (χ4n) is 2.58. The molecule has 1 N–H and O–H groups in total. The molecule has 1 aromatic heterocycles. The smallest absolute Gasteiger partial charge is 0.186 e. The minimum absolute atomic E-state index is 0.187. The lowest BCUT2D eigenvalue weighted by Gasteiger charge is -2.20. The Labute approximate surface area is 106 Å². The standard InChI is InChI=1S/C13H18FN3O/c1-2-9-11(14)13(16-7-15-9)17-10-5-6-18-12(10)8-3-4-8/h7-8,10,12H,2-6H2,1H3,(H,15,16,17). The minimum atomic E-state index is -0.318. The summed E-state index contributed by atoms with van der Waals surface area (Å²) in [5.41, 5.74) is 0.467. The number of nitrogens with zero attached hydrogens (tertiary/aromatic N) is 2. The first-order chi connectivity index (χ1) is 8.79. The van der Waals surface area contributed by atoms with E-state index in [2.05, 4.69) is 15.3 Å². The van der Waals surface area contributed by atoms with Gasteiger partial charge in [-0.3, -0.25) is 0 Å². The predicted molar refractivity (Wildman–Crippen MR) is 65.9 cm³/mol. The molecule has 1 saturated carbocycles. The highest BCUT2D eigenvalue weighted by Gasteiger charge is 2.41. The number of anilines is 1. The summed E-state index contributed by atoms with van der Waals surface area (Å²) in [7, 11) is 0. The highest BCUT2D eigenvalue weighted by Crippen LogP contribution is 2.39. The summed E-state index contributed by atoms with van der Waals surface area (Å²) in [5, 5.41) is 3.20. The van der Waals surface area contributed by atoms with Gasteiger partial charge in [0.1, 0.15) is 6.33 Å². The Kier molecular flexibility index (Phi) is 3.16. The van der Waals surface area contributed by atoms with Crippen LogP contribution in [0.15, 0.2) is 6.33 Å². The number of rotatable bonds is 4. The van der Waals surface area contributed by atoms with Crippen molar-refractivity contribution >= 4 is 5.82 Å². The van der Waals surface area contributed by atoms with E-state index in [0.29, 0.717) is 23.9 Å². The largest absolute Gasteiger partial charge is 0.376 e. The van der Waals surface area contributed by atoms with Crippen molar-refractivity contribution in [2.24, 2.45) is 5.92 Å². The number of nitrogens with one attached hydrogen (secondary N) is 1. The molecule has 1 aliphatic carbocycles. The van der Waals surface area contributed by atoms with E-state index in [1.54, 1.807) is 0 Å². The van der Waals surface area contributed by atoms with Crippen LogP contribution in [-0.4, -0.2) is 28.7 Å². The van der Waals surface area contributed by atoms with Gasteiger partial charge in [-0.2, -0.15) is 0 Å². The molecule has 18 heavy (non-hydrogen) atoms. The molecule has 0 radical (unpaired) electrons. The Bertz CT molecular complexity index is 436. The molecule has 2 fully saturated rings. The van der Waals surface area contributed by atoms with E-state index in [0.717, 1.165) is 13.0 Å². The molecule has 3 rings (SSSR count). The average Bonchev–Trinajstić information content (AvgIpc) is 3.13. The lowest BCUT2D eigenvalue weighted by molar-refractivity contribution is 0.0897. The van der Waals surface area contributed by atoms with Crippen molar-refractivity contribution < 1.29 is 9.13 Å². The molecule has 0 bridgehead atoms. The summed E-state index contributed by atoms with van der Waals surface area (Å²) < 4.78 is 19.8. The molecule has 4 nitrogen and oxygen atoms in total. The minimum Gasteiger partial charge on any atom is -0.376 e. The van der Waals surface area contributed by atoms with Gasteiger partial charge in [0.15, 0.2) is 11.6 Å². The summed E-state index contributed by atoms with van der Waals surface area (Å²) in [5.74, 6) is 0.657. The van der Waals surface area contributed by atoms with Gasteiger partial charge >= 0.3 is 0 Å². The van der Waals surface area contributed by atoms with Crippen molar-refractivity contribution in [3.05, 3.63) is 17.8 Å². The highest BCUT2D eigenvalue weighted by atomic mass is 19.1. The number of halogens is 1. The Morgan fingerprint density at radius 1 is 1.39 bits per heavy atom. The zero-order chi connectivity index (χ0) is 12.5. The normalized spacial score (nSPS) is 27.4. The Morgan fingerprint density at radius 3 is 2.94 bits per heavy atom. The topological polar surface area (TPSA) is 47.0 Å². The van der Waals surface area contributed by atoms with E-state index >= 15 is 0 Å². The van der Waals surface area contributed by atoms with Crippen LogP contribution in [0, 0.1) is 11.7 Å². The maximum absolute atomic E-state index is 14.0. The van der Waals surface area contributed by atoms with Crippen LogP contribution in [0.3, 0.4) is 0 Å². The third kappa shape index (κ3) is 2.19. The monoisotopic (exact) mass is 251 g/mol. The third-order valence-corrected chi connectivity index (χ3v) is 3.74. The molecule has 2 heterocycles. The first-order valence-electron chi connectivity index (χ1n) is 6.67. The van der Waals surface area contributed by atoms with Crippen LogP contribution in [0.2, 0.25) is 0 Å². The SMILES string of the molecule is CCc1ncnc(NC2CCOC2C2CC2)c1F. The van der Waals surface area contributed by atoms with Crippen molar-refractivity contribution in [1.82, 2.24) is 9.97 Å². The summed E-state index contributed by atoms with van der Waals surface area (Å²) in [6.07, 6.45) is 5.61. The van der Waals surface area contributed by atoms with Crippen LogP contribution in [-0.2, 0) is 11.2 Å². The summed E-state index contributed by atoms with van der Waals surface area (Å²) in [6, 6.07) is 0.187. The van der Waals surface area contributed by atoms with Crippen molar-refractivity contribution in [2.75, 3.05) is 11.9 Å². The van der Waals surface area contributed by atoms with Crippen molar-refractivity contribution in [2.45, 2.75) is 44.8 Å². The lowest BCUT2D eigenvalue weighted by atomic mass is 10.1. The maximum atomic E-state index is 14.0.